The Bertz CT molecular complexity index is 1700. The lowest BCUT2D eigenvalue weighted by Gasteiger charge is -2.39. The standard InChI is InChI=1S/C40H44ClN3O5/c1-5-21-42(25-29-15-11-8-12-16-29)36(46)33-34-37(47)44(32(26-45)23-28-13-9-7-10-14-28)35(40(34)24-27(3)39(33,4)49-40)38(48)43(22-6-2)31-19-17-30(41)18-20-31/h5-20,27,32-35,45H,1-2,21-26H2,3-4H3/t27?,32-,33+,34+,35?,39-,40?/m1/s1. The van der Waals surface area contributed by atoms with Crippen LogP contribution in [0.2, 0.25) is 5.02 Å². The summed E-state index contributed by atoms with van der Waals surface area (Å²) in [4.78, 5) is 49.9. The highest BCUT2D eigenvalue weighted by atomic mass is 35.5. The van der Waals surface area contributed by atoms with Crippen molar-refractivity contribution in [1.82, 2.24) is 9.80 Å². The van der Waals surface area contributed by atoms with Gasteiger partial charge in [-0.3, -0.25) is 14.4 Å². The van der Waals surface area contributed by atoms with Gasteiger partial charge in [0.1, 0.15) is 11.6 Å². The first-order valence-corrected chi connectivity index (χ1v) is 17.3. The van der Waals surface area contributed by atoms with Crippen molar-refractivity contribution in [3.8, 4) is 0 Å². The second-order valence-electron chi connectivity index (χ2n) is 13.7. The van der Waals surface area contributed by atoms with Gasteiger partial charge in [0.05, 0.1) is 30.1 Å². The number of carbonyl (C=O) groups is 3. The highest BCUT2D eigenvalue weighted by molar-refractivity contribution is 6.30. The quantitative estimate of drug-likeness (QED) is 0.234. The zero-order valence-corrected chi connectivity index (χ0v) is 28.8. The van der Waals surface area contributed by atoms with E-state index < -0.39 is 35.1 Å². The van der Waals surface area contributed by atoms with Crippen molar-refractivity contribution in [2.75, 3.05) is 24.6 Å². The lowest BCUT2D eigenvalue weighted by atomic mass is 9.62. The molecule has 1 spiro atoms. The van der Waals surface area contributed by atoms with Gasteiger partial charge in [0.25, 0.3) is 5.91 Å². The van der Waals surface area contributed by atoms with Crippen molar-refractivity contribution in [3.63, 3.8) is 0 Å². The number of aliphatic hydroxyl groups excluding tert-OH is 1. The van der Waals surface area contributed by atoms with Crippen molar-refractivity contribution in [2.45, 2.75) is 56.5 Å². The van der Waals surface area contributed by atoms with Gasteiger partial charge in [-0.15, -0.1) is 13.2 Å². The Morgan fingerprint density at radius 3 is 2.18 bits per heavy atom. The van der Waals surface area contributed by atoms with Gasteiger partial charge < -0.3 is 24.5 Å². The van der Waals surface area contributed by atoms with Gasteiger partial charge in [0, 0.05) is 30.3 Å². The summed E-state index contributed by atoms with van der Waals surface area (Å²) < 4.78 is 7.05. The van der Waals surface area contributed by atoms with Crippen LogP contribution in [0.25, 0.3) is 0 Å². The molecule has 3 unspecified atom stereocenters. The normalized spacial score (nSPS) is 27.4. The molecule has 3 saturated heterocycles. The molecule has 3 aliphatic heterocycles. The number of ether oxygens (including phenoxy) is 1. The average molecular weight is 682 g/mol. The summed E-state index contributed by atoms with van der Waals surface area (Å²) in [5, 5.41) is 11.4. The molecule has 3 fully saturated rings. The predicted molar refractivity (Wildman–Crippen MR) is 191 cm³/mol. The SMILES string of the molecule is C=CCN(Cc1ccccc1)C(=O)[C@@H]1[C@H]2C(=O)N([C@@H](CO)Cc3ccccc3)C(C(=O)N(CC=C)c3ccc(Cl)cc3)C23CC(C)[C@@]1(C)O3. The van der Waals surface area contributed by atoms with Gasteiger partial charge in [-0.25, -0.2) is 0 Å². The summed E-state index contributed by atoms with van der Waals surface area (Å²) in [6.45, 7) is 12.2. The van der Waals surface area contributed by atoms with Gasteiger partial charge in [0.2, 0.25) is 11.8 Å². The van der Waals surface area contributed by atoms with Gasteiger partial charge in [0.15, 0.2) is 0 Å². The van der Waals surface area contributed by atoms with Crippen molar-refractivity contribution >= 4 is 35.0 Å². The third-order valence-electron chi connectivity index (χ3n) is 10.8. The molecule has 0 radical (unpaired) electrons. The highest BCUT2D eigenvalue weighted by Crippen LogP contribution is 2.66. The van der Waals surface area contributed by atoms with Crippen LogP contribution >= 0.6 is 11.6 Å². The molecule has 256 valence electrons. The first-order chi connectivity index (χ1) is 23.6. The lowest BCUT2D eigenvalue weighted by molar-refractivity contribution is -0.154. The number of nitrogens with zero attached hydrogens (tertiary/aromatic N) is 3. The number of likely N-dealkylation sites (tertiary alicyclic amines) is 1. The number of anilines is 1. The van der Waals surface area contributed by atoms with Crippen LogP contribution in [-0.4, -0.2) is 75.6 Å². The molecule has 7 atom stereocenters. The van der Waals surface area contributed by atoms with Crippen LogP contribution in [0.1, 0.15) is 31.4 Å². The number of benzene rings is 3. The summed E-state index contributed by atoms with van der Waals surface area (Å²) in [5.74, 6) is -2.86. The second kappa shape index (κ2) is 13.9. The topological polar surface area (TPSA) is 90.4 Å². The molecule has 3 aromatic carbocycles. The fourth-order valence-corrected chi connectivity index (χ4v) is 8.60. The minimum absolute atomic E-state index is 0.145. The number of hydrogen-bond donors (Lipinski definition) is 1. The minimum Gasteiger partial charge on any atom is -0.394 e. The van der Waals surface area contributed by atoms with Crippen molar-refractivity contribution < 1.29 is 24.2 Å². The fourth-order valence-electron chi connectivity index (χ4n) is 8.47. The Kier molecular flexibility index (Phi) is 9.85. The summed E-state index contributed by atoms with van der Waals surface area (Å²) in [5.41, 5.74) is 0.146. The molecular weight excluding hydrogens is 638 g/mol. The molecule has 8 nitrogen and oxygen atoms in total. The number of hydrogen-bond acceptors (Lipinski definition) is 5. The molecular formula is C40H44ClN3O5. The van der Waals surface area contributed by atoms with Crippen LogP contribution in [0.5, 0.6) is 0 Å². The van der Waals surface area contributed by atoms with E-state index in [4.69, 9.17) is 16.3 Å². The van der Waals surface area contributed by atoms with E-state index in [2.05, 4.69) is 13.2 Å². The zero-order chi connectivity index (χ0) is 34.9. The minimum atomic E-state index is -1.30. The summed E-state index contributed by atoms with van der Waals surface area (Å²) in [7, 11) is 0. The number of rotatable bonds is 13. The molecule has 1 N–H and O–H groups in total. The van der Waals surface area contributed by atoms with Crippen LogP contribution < -0.4 is 4.90 Å². The van der Waals surface area contributed by atoms with Gasteiger partial charge in [-0.05, 0) is 61.1 Å². The molecule has 0 aromatic heterocycles. The van der Waals surface area contributed by atoms with E-state index in [0.717, 1.165) is 11.1 Å². The molecule has 3 aromatic rings. The first-order valence-electron chi connectivity index (χ1n) is 16.9. The van der Waals surface area contributed by atoms with Crippen LogP contribution in [0.15, 0.2) is 110 Å². The van der Waals surface area contributed by atoms with E-state index in [-0.39, 0.29) is 43.3 Å². The number of halogens is 1. The number of fused-ring (bicyclic) bond motifs is 1. The zero-order valence-electron chi connectivity index (χ0n) is 28.1. The molecule has 6 rings (SSSR count). The number of amides is 3. The highest BCUT2D eigenvalue weighted by Gasteiger charge is 2.80. The van der Waals surface area contributed by atoms with E-state index in [1.165, 1.54) is 0 Å². The Balaban J connectivity index is 1.47. The number of carbonyl (C=O) groups excluding carboxylic acids is 3. The maximum absolute atomic E-state index is 15.1. The first kappa shape index (κ1) is 34.6. The van der Waals surface area contributed by atoms with Crippen molar-refractivity contribution in [2.24, 2.45) is 17.8 Å². The average Bonchev–Trinajstić information content (AvgIpc) is 3.63. The van der Waals surface area contributed by atoms with E-state index in [1.807, 2.05) is 74.5 Å². The summed E-state index contributed by atoms with van der Waals surface area (Å²) >= 11 is 6.21. The largest absolute Gasteiger partial charge is 0.394 e. The Morgan fingerprint density at radius 2 is 1.59 bits per heavy atom. The maximum atomic E-state index is 15.1. The third kappa shape index (κ3) is 6.00. The molecule has 0 saturated carbocycles. The molecule has 3 amide bonds. The third-order valence-corrected chi connectivity index (χ3v) is 11.0. The predicted octanol–water partition coefficient (Wildman–Crippen LogP) is 5.69. The van der Waals surface area contributed by atoms with Crippen LogP contribution in [0.3, 0.4) is 0 Å². The van der Waals surface area contributed by atoms with E-state index in [1.54, 1.807) is 51.1 Å². The molecule has 49 heavy (non-hydrogen) atoms. The smallest absolute Gasteiger partial charge is 0.253 e. The maximum Gasteiger partial charge on any atom is 0.253 e. The van der Waals surface area contributed by atoms with Gasteiger partial charge >= 0.3 is 0 Å². The molecule has 3 heterocycles. The molecule has 3 aliphatic rings. The monoisotopic (exact) mass is 681 g/mol. The van der Waals surface area contributed by atoms with Crippen LogP contribution in [0, 0.1) is 17.8 Å². The van der Waals surface area contributed by atoms with Gasteiger partial charge in [-0.1, -0.05) is 91.3 Å². The Labute approximate surface area is 293 Å². The van der Waals surface area contributed by atoms with Crippen LogP contribution in [0.4, 0.5) is 5.69 Å². The fraction of sp³-hybridized carbons (Fsp3) is 0.375. The van der Waals surface area contributed by atoms with Crippen LogP contribution in [-0.2, 0) is 32.1 Å². The summed E-state index contributed by atoms with van der Waals surface area (Å²) in [6.07, 6.45) is 4.05. The van der Waals surface area contributed by atoms with E-state index in [0.29, 0.717) is 30.1 Å². The lowest BCUT2D eigenvalue weighted by Crippen LogP contribution is -2.59. The van der Waals surface area contributed by atoms with E-state index in [9.17, 15) is 9.90 Å². The van der Waals surface area contributed by atoms with Crippen molar-refractivity contribution in [1.29, 1.82) is 0 Å². The second-order valence-corrected chi connectivity index (χ2v) is 14.1. The summed E-state index contributed by atoms with van der Waals surface area (Å²) in [6, 6.07) is 24.4. The molecule has 2 bridgehead atoms. The van der Waals surface area contributed by atoms with Crippen molar-refractivity contribution in [3.05, 3.63) is 126 Å². The van der Waals surface area contributed by atoms with Gasteiger partial charge in [-0.2, -0.15) is 0 Å². The molecule has 9 heteroatoms. The molecule has 0 aliphatic carbocycles. The number of aliphatic hydroxyl groups is 1. The Morgan fingerprint density at radius 1 is 0.980 bits per heavy atom. The Hall–Kier alpha value is -4.24. The van der Waals surface area contributed by atoms with E-state index >= 15 is 9.59 Å².